The van der Waals surface area contributed by atoms with Crippen molar-refractivity contribution in [1.82, 2.24) is 10.2 Å². The smallest absolute Gasteiger partial charge is 0.255 e. The molecule has 3 fully saturated rings. The number of alkyl halides is 1. The molecule has 1 aromatic rings. The van der Waals surface area contributed by atoms with E-state index < -0.39 is 24.2 Å². The van der Waals surface area contributed by atoms with Crippen molar-refractivity contribution in [2.45, 2.75) is 75.8 Å². The number of nitrogens with two attached hydrogens (primary N) is 1. The lowest BCUT2D eigenvalue weighted by Gasteiger charge is -2.40. The molecule has 4 aliphatic rings. The summed E-state index contributed by atoms with van der Waals surface area (Å²) in [5.74, 6) is -0.270. The van der Waals surface area contributed by atoms with Gasteiger partial charge in [-0.3, -0.25) is 19.7 Å². The molecule has 2 aliphatic heterocycles. The second-order valence-electron chi connectivity index (χ2n) is 9.45. The fraction of sp³-hybridized carbons (Fsp3) is 0.609. The molecule has 2 heterocycles. The predicted octanol–water partition coefficient (Wildman–Crippen LogP) is 1.88. The maximum Gasteiger partial charge on any atom is 0.255 e. The monoisotopic (exact) mass is 428 g/mol. The Morgan fingerprint density at radius 1 is 1.13 bits per heavy atom. The number of benzene rings is 1. The van der Waals surface area contributed by atoms with Gasteiger partial charge in [0, 0.05) is 54.8 Å². The Morgan fingerprint density at radius 2 is 1.94 bits per heavy atom. The predicted molar refractivity (Wildman–Crippen MR) is 113 cm³/mol. The minimum atomic E-state index is -1.01. The molecule has 7 nitrogen and oxygen atoms in total. The van der Waals surface area contributed by atoms with Crippen LogP contribution < -0.4 is 16.0 Å². The van der Waals surface area contributed by atoms with Gasteiger partial charge < -0.3 is 15.5 Å². The second kappa shape index (κ2) is 7.89. The molecule has 4 atom stereocenters. The molecule has 0 radical (unpaired) electrons. The van der Waals surface area contributed by atoms with Crippen molar-refractivity contribution < 1.29 is 18.8 Å². The van der Waals surface area contributed by atoms with Crippen LogP contribution in [0.2, 0.25) is 0 Å². The van der Waals surface area contributed by atoms with Gasteiger partial charge in [-0.15, -0.1) is 0 Å². The third-order valence-corrected chi connectivity index (χ3v) is 7.25. The first-order chi connectivity index (χ1) is 14.9. The van der Waals surface area contributed by atoms with E-state index in [1.54, 1.807) is 11.0 Å². The summed E-state index contributed by atoms with van der Waals surface area (Å²) in [5.41, 5.74) is 8.40. The Hall–Kier alpha value is -2.48. The lowest BCUT2D eigenvalue weighted by Crippen LogP contribution is -2.52. The molecule has 31 heavy (non-hydrogen) atoms. The van der Waals surface area contributed by atoms with Crippen molar-refractivity contribution in [3.8, 4) is 0 Å². The first-order valence-corrected chi connectivity index (χ1v) is 11.3. The van der Waals surface area contributed by atoms with Crippen LogP contribution in [0.5, 0.6) is 0 Å². The molecule has 0 bridgehead atoms. The van der Waals surface area contributed by atoms with E-state index >= 15 is 0 Å². The molecule has 2 saturated carbocycles. The Kier molecular flexibility index (Phi) is 5.20. The van der Waals surface area contributed by atoms with E-state index in [9.17, 15) is 18.8 Å². The van der Waals surface area contributed by atoms with Crippen molar-refractivity contribution in [1.29, 1.82) is 0 Å². The van der Waals surface area contributed by atoms with E-state index in [0.717, 1.165) is 24.2 Å². The van der Waals surface area contributed by atoms with Crippen LogP contribution >= 0.6 is 0 Å². The fourth-order valence-corrected chi connectivity index (χ4v) is 5.26. The van der Waals surface area contributed by atoms with Crippen molar-refractivity contribution >= 4 is 23.4 Å². The molecule has 0 aromatic heterocycles. The average Bonchev–Trinajstić information content (AvgIpc) is 3.51. The second-order valence-corrected chi connectivity index (χ2v) is 9.45. The number of nitrogens with zero attached hydrogens (tertiary/aromatic N) is 2. The number of carbonyl (C=O) groups is 3. The summed E-state index contributed by atoms with van der Waals surface area (Å²) in [5, 5.41) is 2.35. The highest BCUT2D eigenvalue weighted by atomic mass is 19.1. The number of amides is 3. The van der Waals surface area contributed by atoms with Crippen LogP contribution in [0.15, 0.2) is 18.2 Å². The molecule has 8 heteroatoms. The van der Waals surface area contributed by atoms with Crippen molar-refractivity contribution in [3.05, 3.63) is 29.3 Å². The topological polar surface area (TPSA) is 95.7 Å². The number of carbonyl (C=O) groups excluding carboxylic acids is 3. The summed E-state index contributed by atoms with van der Waals surface area (Å²) >= 11 is 0. The molecule has 2 aliphatic carbocycles. The van der Waals surface area contributed by atoms with E-state index in [4.69, 9.17) is 5.73 Å². The third kappa shape index (κ3) is 3.82. The molecule has 3 amide bonds. The number of rotatable bonds is 5. The zero-order valence-electron chi connectivity index (χ0n) is 17.6. The van der Waals surface area contributed by atoms with E-state index in [2.05, 4.69) is 10.2 Å². The van der Waals surface area contributed by atoms with Gasteiger partial charge in [0.1, 0.15) is 12.2 Å². The molecule has 1 unspecified atom stereocenters. The van der Waals surface area contributed by atoms with Crippen LogP contribution in [0.25, 0.3) is 0 Å². The highest BCUT2D eigenvalue weighted by Crippen LogP contribution is 2.40. The normalized spacial score (nSPS) is 30.9. The Bertz CT molecular complexity index is 918. The molecular formula is C23H29FN4O3. The van der Waals surface area contributed by atoms with Crippen molar-refractivity contribution in [2.75, 3.05) is 11.4 Å². The van der Waals surface area contributed by atoms with Crippen molar-refractivity contribution in [3.63, 3.8) is 0 Å². The van der Waals surface area contributed by atoms with E-state index in [-0.39, 0.29) is 24.3 Å². The summed E-state index contributed by atoms with van der Waals surface area (Å²) < 4.78 is 14.5. The fourth-order valence-electron chi connectivity index (χ4n) is 5.26. The van der Waals surface area contributed by atoms with Gasteiger partial charge in [-0.25, -0.2) is 4.39 Å². The standard InChI is InChI=1S/C23H29FN4O3/c24-17-10-14(6-7-18(17)25)27(11-13-4-5-13)19-3-1-2-15-16(19)12-28(23(15)31)20-8-9-21(29)26-22(20)30/h1-3,13-14,17-18,20H,4-12,25H2,(H,26,29,30)/t14-,17-,18-,20?/m1/s1. The zero-order valence-corrected chi connectivity index (χ0v) is 17.6. The number of hydrogen-bond acceptors (Lipinski definition) is 5. The molecule has 5 rings (SSSR count). The Balaban J connectivity index is 1.44. The first-order valence-electron chi connectivity index (χ1n) is 11.3. The number of imide groups is 1. The van der Waals surface area contributed by atoms with E-state index in [1.165, 1.54) is 12.8 Å². The summed E-state index contributed by atoms with van der Waals surface area (Å²) in [4.78, 5) is 41.0. The first kappa shape index (κ1) is 20.4. The molecule has 3 N–H and O–H groups in total. The van der Waals surface area contributed by atoms with Gasteiger partial charge in [0.2, 0.25) is 11.8 Å². The van der Waals surface area contributed by atoms with E-state index in [1.807, 2.05) is 12.1 Å². The minimum Gasteiger partial charge on any atom is -0.368 e. The lowest BCUT2D eigenvalue weighted by molar-refractivity contribution is -0.136. The van der Waals surface area contributed by atoms with Crippen LogP contribution in [0, 0.1) is 5.92 Å². The van der Waals surface area contributed by atoms with Gasteiger partial charge in [-0.05, 0) is 50.2 Å². The minimum absolute atomic E-state index is 0.0571. The number of nitrogens with one attached hydrogen (secondary N) is 1. The van der Waals surface area contributed by atoms with Gasteiger partial charge in [0.05, 0.1) is 0 Å². The summed E-state index contributed by atoms with van der Waals surface area (Å²) in [6, 6.07) is 4.72. The lowest BCUT2D eigenvalue weighted by atomic mass is 9.88. The zero-order chi connectivity index (χ0) is 21.7. The van der Waals surface area contributed by atoms with Gasteiger partial charge in [0.25, 0.3) is 5.91 Å². The van der Waals surface area contributed by atoms with Crippen LogP contribution in [0.1, 0.15) is 60.9 Å². The van der Waals surface area contributed by atoms with Crippen LogP contribution in [0.4, 0.5) is 10.1 Å². The highest BCUT2D eigenvalue weighted by Gasteiger charge is 2.42. The molecular weight excluding hydrogens is 399 g/mol. The van der Waals surface area contributed by atoms with Crippen LogP contribution in [-0.4, -0.2) is 53.5 Å². The number of piperidine rings is 1. The van der Waals surface area contributed by atoms with Crippen LogP contribution in [0.3, 0.4) is 0 Å². The van der Waals surface area contributed by atoms with Gasteiger partial charge in [-0.1, -0.05) is 6.07 Å². The molecule has 166 valence electrons. The quantitative estimate of drug-likeness (QED) is 0.699. The Morgan fingerprint density at radius 3 is 2.65 bits per heavy atom. The largest absolute Gasteiger partial charge is 0.368 e. The number of anilines is 1. The maximum atomic E-state index is 14.5. The summed E-state index contributed by atoms with van der Waals surface area (Å²) in [7, 11) is 0. The van der Waals surface area contributed by atoms with Gasteiger partial charge in [0.15, 0.2) is 0 Å². The van der Waals surface area contributed by atoms with Gasteiger partial charge in [-0.2, -0.15) is 0 Å². The molecule has 1 saturated heterocycles. The molecule has 1 aromatic carbocycles. The van der Waals surface area contributed by atoms with Crippen molar-refractivity contribution in [2.24, 2.45) is 11.7 Å². The number of fused-ring (bicyclic) bond motifs is 1. The summed E-state index contributed by atoms with van der Waals surface area (Å²) in [6.07, 6.45) is 3.82. The highest BCUT2D eigenvalue weighted by molar-refractivity contribution is 6.06. The van der Waals surface area contributed by atoms with E-state index in [0.29, 0.717) is 37.3 Å². The SMILES string of the molecule is N[C@@H]1CC[C@@H](N(CC2CC2)c2cccc3c2CN(C2CCC(=O)NC2=O)C3=O)C[C@H]1F. The number of hydrogen-bond donors (Lipinski definition) is 2. The average molecular weight is 429 g/mol. The third-order valence-electron chi connectivity index (χ3n) is 7.25. The maximum absolute atomic E-state index is 14.5. The summed E-state index contributed by atoms with van der Waals surface area (Å²) in [6.45, 7) is 1.19. The van der Waals surface area contributed by atoms with Gasteiger partial charge >= 0.3 is 0 Å². The number of halogens is 1. The Labute approximate surface area is 181 Å². The molecule has 0 spiro atoms. The van der Waals surface area contributed by atoms with Crippen LogP contribution in [-0.2, 0) is 16.1 Å².